The molecule has 1 spiro atoms. The van der Waals surface area contributed by atoms with E-state index < -0.39 is 0 Å². The second-order valence-electron chi connectivity index (χ2n) is 6.97. The lowest BCUT2D eigenvalue weighted by Gasteiger charge is -2.38. The molecule has 0 saturated carbocycles. The molecule has 2 aliphatic heterocycles. The van der Waals surface area contributed by atoms with Crippen LogP contribution < -0.4 is 4.74 Å². The van der Waals surface area contributed by atoms with Crippen molar-refractivity contribution in [2.45, 2.75) is 31.9 Å². The summed E-state index contributed by atoms with van der Waals surface area (Å²) in [5.41, 5.74) is 0.331. The van der Waals surface area contributed by atoms with Gasteiger partial charge in [-0.25, -0.2) is 4.98 Å². The number of furan rings is 1. The topological polar surface area (TPSA) is 47.7 Å². The Labute approximate surface area is 142 Å². The van der Waals surface area contributed by atoms with Crippen molar-refractivity contribution in [1.29, 1.82) is 0 Å². The van der Waals surface area contributed by atoms with Gasteiger partial charge in [0.05, 0.1) is 25.5 Å². The zero-order valence-corrected chi connectivity index (χ0v) is 13.9. The molecule has 2 aromatic heterocycles. The van der Waals surface area contributed by atoms with Gasteiger partial charge in [-0.05, 0) is 56.0 Å². The summed E-state index contributed by atoms with van der Waals surface area (Å²) in [6.07, 6.45) is 7.15. The van der Waals surface area contributed by atoms with E-state index in [-0.39, 0.29) is 6.10 Å². The Bertz CT molecular complexity index is 621. The minimum Gasteiger partial charge on any atom is -0.475 e. The van der Waals surface area contributed by atoms with Crippen molar-refractivity contribution in [2.24, 2.45) is 5.41 Å². The van der Waals surface area contributed by atoms with Crippen molar-refractivity contribution in [3.05, 3.63) is 48.6 Å². The van der Waals surface area contributed by atoms with E-state index in [1.165, 1.54) is 12.8 Å². The van der Waals surface area contributed by atoms with Crippen molar-refractivity contribution in [3.63, 3.8) is 0 Å². The maximum Gasteiger partial charge on any atom is 0.213 e. The second-order valence-corrected chi connectivity index (χ2v) is 6.97. The van der Waals surface area contributed by atoms with Crippen LogP contribution in [0.2, 0.25) is 0 Å². The summed E-state index contributed by atoms with van der Waals surface area (Å²) in [6, 6.07) is 9.72. The van der Waals surface area contributed by atoms with Crippen LogP contribution >= 0.6 is 0 Å². The van der Waals surface area contributed by atoms with E-state index >= 15 is 0 Å². The third kappa shape index (κ3) is 3.62. The van der Waals surface area contributed by atoms with Gasteiger partial charge in [0.2, 0.25) is 5.88 Å². The first-order chi connectivity index (χ1) is 11.8. The normalized spacial score (nSPS) is 23.6. The van der Waals surface area contributed by atoms with Crippen LogP contribution in [-0.4, -0.2) is 42.3 Å². The molecule has 0 radical (unpaired) electrons. The molecule has 5 nitrogen and oxygen atoms in total. The quantitative estimate of drug-likeness (QED) is 0.844. The summed E-state index contributed by atoms with van der Waals surface area (Å²) in [6.45, 7) is 4.58. The highest BCUT2D eigenvalue weighted by Crippen LogP contribution is 2.42. The van der Waals surface area contributed by atoms with E-state index in [9.17, 15) is 0 Å². The van der Waals surface area contributed by atoms with Gasteiger partial charge in [0, 0.05) is 12.3 Å². The van der Waals surface area contributed by atoms with E-state index in [4.69, 9.17) is 13.9 Å². The molecule has 0 N–H and O–H groups in total. The van der Waals surface area contributed by atoms with Crippen LogP contribution in [0.1, 0.15) is 25.0 Å². The molecular weight excluding hydrogens is 304 g/mol. The van der Waals surface area contributed by atoms with Gasteiger partial charge in [-0.1, -0.05) is 6.07 Å². The van der Waals surface area contributed by atoms with Crippen molar-refractivity contribution < 1.29 is 13.9 Å². The Balaban J connectivity index is 1.24. The predicted molar refractivity (Wildman–Crippen MR) is 89.7 cm³/mol. The Kier molecular flexibility index (Phi) is 4.54. The molecule has 0 aliphatic carbocycles. The number of likely N-dealkylation sites (tertiary alicyclic amines) is 1. The van der Waals surface area contributed by atoms with Crippen LogP contribution in [0.15, 0.2) is 47.2 Å². The van der Waals surface area contributed by atoms with E-state index in [0.29, 0.717) is 17.9 Å². The molecule has 2 saturated heterocycles. The van der Waals surface area contributed by atoms with Crippen LogP contribution in [0.3, 0.4) is 0 Å². The fourth-order valence-corrected chi connectivity index (χ4v) is 3.77. The third-order valence-corrected chi connectivity index (χ3v) is 5.22. The van der Waals surface area contributed by atoms with E-state index in [1.54, 1.807) is 12.5 Å². The average Bonchev–Trinajstić information content (AvgIpc) is 3.27. The van der Waals surface area contributed by atoms with Crippen LogP contribution in [0.25, 0.3) is 0 Å². The molecule has 2 fully saturated rings. The highest BCUT2D eigenvalue weighted by atomic mass is 16.5. The molecule has 24 heavy (non-hydrogen) atoms. The van der Waals surface area contributed by atoms with Gasteiger partial charge >= 0.3 is 0 Å². The Morgan fingerprint density at radius 2 is 2.12 bits per heavy atom. The number of nitrogens with zero attached hydrogens (tertiary/aromatic N) is 2. The first-order valence-electron chi connectivity index (χ1n) is 8.72. The molecule has 1 atom stereocenters. The number of rotatable bonds is 5. The van der Waals surface area contributed by atoms with Crippen molar-refractivity contribution in [3.8, 4) is 5.88 Å². The second kappa shape index (κ2) is 6.95. The van der Waals surface area contributed by atoms with Gasteiger partial charge in [0.1, 0.15) is 12.4 Å². The van der Waals surface area contributed by atoms with Crippen molar-refractivity contribution >= 4 is 0 Å². The molecular formula is C19H24N2O3. The molecule has 4 heterocycles. The lowest BCUT2D eigenvalue weighted by molar-refractivity contribution is 0.0454. The SMILES string of the molecule is c1ccc(OC[C@H]2CC3(CCN(Cc4ccco4)CC3)CO2)nc1. The molecule has 4 rings (SSSR count). The van der Waals surface area contributed by atoms with E-state index in [2.05, 4.69) is 9.88 Å². The van der Waals surface area contributed by atoms with Crippen molar-refractivity contribution in [2.75, 3.05) is 26.3 Å². The maximum absolute atomic E-state index is 6.02. The van der Waals surface area contributed by atoms with E-state index in [1.807, 2.05) is 30.3 Å². The summed E-state index contributed by atoms with van der Waals surface area (Å²) >= 11 is 0. The van der Waals surface area contributed by atoms with Crippen LogP contribution in [0.5, 0.6) is 5.88 Å². The fraction of sp³-hybridized carbons (Fsp3) is 0.526. The van der Waals surface area contributed by atoms with Gasteiger partial charge in [-0.2, -0.15) is 0 Å². The summed E-state index contributed by atoms with van der Waals surface area (Å²) < 4.78 is 17.2. The fourth-order valence-electron chi connectivity index (χ4n) is 3.77. The highest BCUT2D eigenvalue weighted by molar-refractivity contribution is 5.09. The first-order valence-corrected chi connectivity index (χ1v) is 8.72. The minimum absolute atomic E-state index is 0.184. The molecule has 0 unspecified atom stereocenters. The average molecular weight is 328 g/mol. The number of hydrogen-bond acceptors (Lipinski definition) is 5. The Morgan fingerprint density at radius 3 is 2.88 bits per heavy atom. The minimum atomic E-state index is 0.184. The standard InChI is InChI=1S/C19H24N2O3/c1-2-8-20-18(5-1)23-14-17-12-19(15-24-17)6-9-21(10-7-19)13-16-4-3-11-22-16/h1-5,8,11,17H,6-7,9-10,12-15H2/t17-/m1/s1. The van der Waals surface area contributed by atoms with Crippen LogP contribution in [0, 0.1) is 5.41 Å². The van der Waals surface area contributed by atoms with E-state index in [0.717, 1.165) is 38.4 Å². The molecule has 128 valence electrons. The predicted octanol–water partition coefficient (Wildman–Crippen LogP) is 3.12. The highest BCUT2D eigenvalue weighted by Gasteiger charge is 2.42. The van der Waals surface area contributed by atoms with Crippen LogP contribution in [-0.2, 0) is 11.3 Å². The zero-order chi connectivity index (χ0) is 16.2. The zero-order valence-electron chi connectivity index (χ0n) is 13.9. The summed E-state index contributed by atoms with van der Waals surface area (Å²) in [5, 5.41) is 0. The lowest BCUT2D eigenvalue weighted by Crippen LogP contribution is -2.40. The van der Waals surface area contributed by atoms with Gasteiger partial charge in [0.25, 0.3) is 0 Å². The Hall–Kier alpha value is -1.85. The summed E-state index contributed by atoms with van der Waals surface area (Å²) in [7, 11) is 0. The molecule has 0 aromatic carbocycles. The smallest absolute Gasteiger partial charge is 0.213 e. The van der Waals surface area contributed by atoms with Gasteiger partial charge in [-0.15, -0.1) is 0 Å². The molecule has 2 aromatic rings. The summed E-state index contributed by atoms with van der Waals surface area (Å²) in [5.74, 6) is 1.73. The molecule has 2 aliphatic rings. The van der Waals surface area contributed by atoms with Crippen LogP contribution in [0.4, 0.5) is 0 Å². The maximum atomic E-state index is 6.02. The lowest BCUT2D eigenvalue weighted by atomic mass is 9.76. The molecule has 0 amide bonds. The Morgan fingerprint density at radius 1 is 1.21 bits per heavy atom. The summed E-state index contributed by atoms with van der Waals surface area (Å²) in [4.78, 5) is 6.67. The first kappa shape index (κ1) is 15.7. The third-order valence-electron chi connectivity index (χ3n) is 5.22. The van der Waals surface area contributed by atoms with Gasteiger partial charge < -0.3 is 13.9 Å². The largest absolute Gasteiger partial charge is 0.475 e. The molecule has 5 heteroatoms. The number of piperidine rings is 1. The number of pyridine rings is 1. The van der Waals surface area contributed by atoms with Gasteiger partial charge in [0.15, 0.2) is 0 Å². The number of aromatic nitrogens is 1. The van der Waals surface area contributed by atoms with Crippen molar-refractivity contribution in [1.82, 2.24) is 9.88 Å². The monoisotopic (exact) mass is 328 g/mol. The number of ether oxygens (including phenoxy) is 2. The van der Waals surface area contributed by atoms with Gasteiger partial charge in [-0.3, -0.25) is 4.90 Å². The molecule has 0 bridgehead atoms. The number of hydrogen-bond donors (Lipinski definition) is 0.